The first-order chi connectivity index (χ1) is 7.63. The topological polar surface area (TPSA) is 17.1 Å². The third-order valence-corrected chi connectivity index (χ3v) is 3.59. The van der Waals surface area contributed by atoms with E-state index in [1.807, 2.05) is 0 Å². The van der Waals surface area contributed by atoms with Gasteiger partial charge in [-0.2, -0.15) is 0 Å². The average Bonchev–Trinajstić information content (AvgIpc) is 3.04. The van der Waals surface area contributed by atoms with Gasteiger partial charge in [-0.05, 0) is 54.8 Å². The fourth-order valence-corrected chi connectivity index (χ4v) is 2.63. The van der Waals surface area contributed by atoms with Crippen molar-refractivity contribution in [3.63, 3.8) is 0 Å². The molecule has 1 aliphatic rings. The highest BCUT2D eigenvalue weighted by Crippen LogP contribution is 2.44. The third-order valence-electron chi connectivity index (χ3n) is 3.35. The lowest BCUT2D eigenvalue weighted by Gasteiger charge is -2.16. The molecular weight excluding hydrogens is 220 g/mol. The molecule has 0 bridgehead atoms. The van der Waals surface area contributed by atoms with Gasteiger partial charge in [0.15, 0.2) is 0 Å². The van der Waals surface area contributed by atoms with E-state index in [1.165, 1.54) is 11.1 Å². The fourth-order valence-electron chi connectivity index (χ4n) is 2.34. The van der Waals surface area contributed by atoms with E-state index in [0.29, 0.717) is 5.92 Å². The Bertz CT molecular complexity index is 407. The molecule has 1 aromatic carbocycles. The Morgan fingerprint density at radius 1 is 1.50 bits per heavy atom. The Kier molecular flexibility index (Phi) is 3.34. The minimum atomic E-state index is -0.193. The Morgan fingerprint density at radius 3 is 2.69 bits per heavy atom. The van der Waals surface area contributed by atoms with Gasteiger partial charge in [0.05, 0.1) is 5.92 Å². The number of rotatable bonds is 4. The number of halogens is 1. The van der Waals surface area contributed by atoms with E-state index >= 15 is 0 Å². The molecule has 1 aliphatic carbocycles. The smallest absolute Gasteiger partial charge is 0.229 e. The van der Waals surface area contributed by atoms with Gasteiger partial charge in [-0.25, -0.2) is 0 Å². The van der Waals surface area contributed by atoms with Crippen LogP contribution in [0, 0.1) is 12.8 Å². The van der Waals surface area contributed by atoms with Crippen LogP contribution in [0.25, 0.3) is 0 Å². The number of carbonyl (C=O) groups excluding carboxylic acids is 1. The monoisotopic (exact) mass is 236 g/mol. The lowest BCUT2D eigenvalue weighted by molar-refractivity contribution is -0.113. The van der Waals surface area contributed by atoms with Gasteiger partial charge in [-0.3, -0.25) is 4.79 Å². The van der Waals surface area contributed by atoms with Crippen LogP contribution < -0.4 is 0 Å². The van der Waals surface area contributed by atoms with Gasteiger partial charge >= 0.3 is 0 Å². The molecule has 0 radical (unpaired) electrons. The minimum Gasteiger partial charge on any atom is -0.281 e. The summed E-state index contributed by atoms with van der Waals surface area (Å²) in [6.45, 7) is 4.21. The molecule has 1 fully saturated rings. The zero-order valence-corrected chi connectivity index (χ0v) is 10.6. The zero-order valence-electron chi connectivity index (χ0n) is 9.79. The molecule has 2 rings (SSSR count). The Morgan fingerprint density at radius 2 is 2.19 bits per heavy atom. The molecule has 0 aromatic heterocycles. The van der Waals surface area contributed by atoms with Gasteiger partial charge in [-0.1, -0.05) is 30.7 Å². The quantitative estimate of drug-likeness (QED) is 0.727. The minimum absolute atomic E-state index is 0.0720. The highest BCUT2D eigenvalue weighted by molar-refractivity contribution is 6.64. The van der Waals surface area contributed by atoms with Crippen molar-refractivity contribution < 1.29 is 4.79 Å². The summed E-state index contributed by atoms with van der Waals surface area (Å²) in [6.07, 6.45) is 3.24. The van der Waals surface area contributed by atoms with Gasteiger partial charge in [0.1, 0.15) is 0 Å². The summed E-state index contributed by atoms with van der Waals surface area (Å²) in [5.74, 6) is 0.412. The van der Waals surface area contributed by atoms with Crippen molar-refractivity contribution >= 4 is 16.8 Å². The second-order valence-corrected chi connectivity index (χ2v) is 5.05. The van der Waals surface area contributed by atoms with Crippen molar-refractivity contribution in [1.82, 2.24) is 0 Å². The highest BCUT2D eigenvalue weighted by Gasteiger charge is 2.37. The van der Waals surface area contributed by atoms with Crippen molar-refractivity contribution in [2.75, 3.05) is 0 Å². The molecule has 1 unspecified atom stereocenters. The Labute approximate surface area is 102 Å². The van der Waals surface area contributed by atoms with Crippen molar-refractivity contribution in [2.24, 2.45) is 5.92 Å². The molecule has 1 saturated carbocycles. The van der Waals surface area contributed by atoms with E-state index in [9.17, 15) is 4.79 Å². The SMILES string of the molecule is CCc1cc(C)ccc1C(C(=O)Cl)C1CC1. The van der Waals surface area contributed by atoms with Crippen LogP contribution in [0.15, 0.2) is 18.2 Å². The Balaban J connectivity index is 2.40. The lowest BCUT2D eigenvalue weighted by Crippen LogP contribution is -2.11. The van der Waals surface area contributed by atoms with Crippen LogP contribution in [-0.2, 0) is 11.2 Å². The van der Waals surface area contributed by atoms with Crippen LogP contribution in [0.2, 0.25) is 0 Å². The Hall–Kier alpha value is -0.820. The van der Waals surface area contributed by atoms with Gasteiger partial charge in [-0.15, -0.1) is 0 Å². The van der Waals surface area contributed by atoms with E-state index < -0.39 is 0 Å². The summed E-state index contributed by atoms with van der Waals surface area (Å²) in [5, 5.41) is -0.193. The maximum Gasteiger partial charge on any atom is 0.229 e. The van der Waals surface area contributed by atoms with Crippen molar-refractivity contribution in [3.8, 4) is 0 Å². The maximum absolute atomic E-state index is 11.5. The molecule has 0 spiro atoms. The highest BCUT2D eigenvalue weighted by atomic mass is 35.5. The summed E-state index contributed by atoms with van der Waals surface area (Å²) >= 11 is 5.74. The van der Waals surface area contributed by atoms with E-state index in [2.05, 4.69) is 32.0 Å². The normalized spacial score (nSPS) is 17.2. The van der Waals surface area contributed by atoms with E-state index in [1.54, 1.807) is 0 Å². The molecule has 86 valence electrons. The molecule has 1 aromatic rings. The molecule has 2 heteroatoms. The predicted molar refractivity (Wildman–Crippen MR) is 66.9 cm³/mol. The first-order valence-electron chi connectivity index (χ1n) is 5.92. The van der Waals surface area contributed by atoms with Gasteiger partial charge < -0.3 is 0 Å². The van der Waals surface area contributed by atoms with Gasteiger partial charge in [0.2, 0.25) is 5.24 Å². The molecule has 0 amide bonds. The lowest BCUT2D eigenvalue weighted by atomic mass is 9.89. The van der Waals surface area contributed by atoms with Crippen molar-refractivity contribution in [1.29, 1.82) is 0 Å². The molecule has 0 aliphatic heterocycles. The first kappa shape index (κ1) is 11.7. The van der Waals surface area contributed by atoms with Crippen LogP contribution in [0.3, 0.4) is 0 Å². The summed E-state index contributed by atoms with van der Waals surface area (Å²) in [5.41, 5.74) is 3.67. The summed E-state index contributed by atoms with van der Waals surface area (Å²) in [6, 6.07) is 6.33. The van der Waals surface area contributed by atoms with Crippen LogP contribution in [0.4, 0.5) is 0 Å². The molecule has 1 atom stereocenters. The molecule has 0 N–H and O–H groups in total. The summed E-state index contributed by atoms with van der Waals surface area (Å²) in [7, 11) is 0. The van der Waals surface area contributed by atoms with Crippen molar-refractivity contribution in [2.45, 2.75) is 39.0 Å². The van der Waals surface area contributed by atoms with Crippen molar-refractivity contribution in [3.05, 3.63) is 34.9 Å². The van der Waals surface area contributed by atoms with Crippen LogP contribution >= 0.6 is 11.6 Å². The largest absolute Gasteiger partial charge is 0.281 e. The number of carbonyl (C=O) groups is 1. The average molecular weight is 237 g/mol. The molecule has 0 saturated heterocycles. The third kappa shape index (κ3) is 2.30. The van der Waals surface area contributed by atoms with E-state index in [-0.39, 0.29) is 11.2 Å². The number of benzene rings is 1. The summed E-state index contributed by atoms with van der Waals surface area (Å²) in [4.78, 5) is 11.5. The van der Waals surface area contributed by atoms with Crippen LogP contribution in [-0.4, -0.2) is 5.24 Å². The standard InChI is InChI=1S/C14H17ClO/c1-3-10-8-9(2)4-7-12(10)13(14(15)16)11-5-6-11/h4,7-8,11,13H,3,5-6H2,1-2H3. The van der Waals surface area contributed by atoms with E-state index in [0.717, 1.165) is 24.8 Å². The zero-order chi connectivity index (χ0) is 11.7. The molecule has 0 heterocycles. The maximum atomic E-state index is 11.5. The molecule has 16 heavy (non-hydrogen) atoms. The molecule has 1 nitrogen and oxygen atoms in total. The van der Waals surface area contributed by atoms with E-state index in [4.69, 9.17) is 11.6 Å². The summed E-state index contributed by atoms with van der Waals surface area (Å²) < 4.78 is 0. The number of hydrogen-bond acceptors (Lipinski definition) is 1. The second-order valence-electron chi connectivity index (χ2n) is 4.68. The first-order valence-corrected chi connectivity index (χ1v) is 6.30. The second kappa shape index (κ2) is 4.58. The molecular formula is C14H17ClO. The fraction of sp³-hybridized carbons (Fsp3) is 0.500. The van der Waals surface area contributed by atoms with Gasteiger partial charge in [0, 0.05) is 0 Å². The number of aryl methyl sites for hydroxylation is 2. The van der Waals surface area contributed by atoms with Crippen LogP contribution in [0.1, 0.15) is 42.4 Å². The number of hydrogen-bond donors (Lipinski definition) is 0. The predicted octanol–water partition coefficient (Wildman–Crippen LogP) is 3.82. The van der Waals surface area contributed by atoms with Crippen LogP contribution in [0.5, 0.6) is 0 Å². The van der Waals surface area contributed by atoms with Gasteiger partial charge in [0.25, 0.3) is 0 Å².